The zero-order valence-corrected chi connectivity index (χ0v) is 12.6. The van der Waals surface area contributed by atoms with Crippen molar-refractivity contribution < 1.29 is 9.53 Å². The first kappa shape index (κ1) is 15.0. The molecule has 4 N–H and O–H groups in total. The molecule has 1 amide bonds. The molecule has 1 aromatic rings. The predicted octanol–water partition coefficient (Wildman–Crippen LogP) is 0.229. The Kier molecular flexibility index (Phi) is 5.55. The fourth-order valence-corrected chi connectivity index (χ4v) is 4.03. The highest BCUT2D eigenvalue weighted by molar-refractivity contribution is 7.96. The van der Waals surface area contributed by atoms with Gasteiger partial charge in [0.2, 0.25) is 0 Å². The van der Waals surface area contributed by atoms with Crippen molar-refractivity contribution in [2.24, 2.45) is 0 Å². The van der Waals surface area contributed by atoms with Gasteiger partial charge >= 0.3 is 0 Å². The summed E-state index contributed by atoms with van der Waals surface area (Å²) in [6.45, 7) is 2.92. The third-order valence-corrected chi connectivity index (χ3v) is 5.63. The molecule has 0 saturated carbocycles. The minimum atomic E-state index is -0.0967. The van der Waals surface area contributed by atoms with Gasteiger partial charge in [0.05, 0.1) is 19.2 Å². The van der Waals surface area contributed by atoms with E-state index in [0.717, 1.165) is 25.4 Å². The Morgan fingerprint density at radius 1 is 1.45 bits per heavy atom. The highest BCUT2D eigenvalue weighted by Crippen LogP contribution is 2.21. The van der Waals surface area contributed by atoms with Crippen molar-refractivity contribution in [3.05, 3.63) is 23.8 Å². The van der Waals surface area contributed by atoms with Crippen LogP contribution in [-0.2, 0) is 10.9 Å². The summed E-state index contributed by atoms with van der Waals surface area (Å²) in [6, 6.07) is 5.09. The minimum Gasteiger partial charge on any atom is -0.496 e. The van der Waals surface area contributed by atoms with Gasteiger partial charge < -0.3 is 21.1 Å². The molecule has 0 spiro atoms. The third-order valence-electron chi connectivity index (χ3n) is 3.28. The maximum Gasteiger partial charge on any atom is 0.255 e. The van der Waals surface area contributed by atoms with E-state index in [1.165, 1.54) is 11.5 Å². The van der Waals surface area contributed by atoms with Crippen LogP contribution in [0.3, 0.4) is 0 Å². The maximum absolute atomic E-state index is 12.1. The van der Waals surface area contributed by atoms with Crippen molar-refractivity contribution in [1.82, 2.24) is 10.6 Å². The number of benzene rings is 1. The predicted molar refractivity (Wildman–Crippen MR) is 84.6 cm³/mol. The number of nitrogens with one attached hydrogen (secondary N) is 2. The lowest BCUT2D eigenvalue weighted by atomic mass is 10.1. The van der Waals surface area contributed by atoms with E-state index in [1.54, 1.807) is 25.3 Å². The van der Waals surface area contributed by atoms with E-state index in [1.807, 2.05) is 0 Å². The molecule has 0 atom stereocenters. The quantitative estimate of drug-likeness (QED) is 0.537. The molecule has 1 saturated heterocycles. The summed E-state index contributed by atoms with van der Waals surface area (Å²) < 4.78 is 5.20. The number of hydrogen-bond donors (Lipinski definition) is 3. The fraction of sp³-hybridized carbons (Fsp3) is 0.500. The number of hydrogen-bond acceptors (Lipinski definition) is 4. The highest BCUT2D eigenvalue weighted by Gasteiger charge is 2.21. The van der Waals surface area contributed by atoms with Crippen molar-refractivity contribution in [3.63, 3.8) is 0 Å². The topological polar surface area (TPSA) is 76.4 Å². The van der Waals surface area contributed by atoms with Crippen molar-refractivity contribution in [2.75, 3.05) is 49.7 Å². The SMILES string of the molecule is COc1cc(N)ccc1C(=O)NCC[S+]1CCNCC1. The molecule has 1 heterocycles. The summed E-state index contributed by atoms with van der Waals surface area (Å²) in [4.78, 5) is 12.1. The zero-order valence-electron chi connectivity index (χ0n) is 11.8. The van der Waals surface area contributed by atoms with Crippen molar-refractivity contribution in [2.45, 2.75) is 0 Å². The van der Waals surface area contributed by atoms with Gasteiger partial charge in [-0.15, -0.1) is 0 Å². The first-order valence-electron chi connectivity index (χ1n) is 6.77. The van der Waals surface area contributed by atoms with Crippen LogP contribution in [-0.4, -0.2) is 49.9 Å². The number of rotatable bonds is 5. The van der Waals surface area contributed by atoms with E-state index in [-0.39, 0.29) is 5.91 Å². The number of nitrogen functional groups attached to an aromatic ring is 1. The summed E-state index contributed by atoms with van der Waals surface area (Å²) in [5, 5.41) is 6.32. The van der Waals surface area contributed by atoms with Gasteiger partial charge in [0, 0.05) is 24.8 Å². The molecule has 0 aliphatic carbocycles. The first-order chi connectivity index (χ1) is 9.70. The second-order valence-corrected chi connectivity index (χ2v) is 7.14. The summed E-state index contributed by atoms with van der Waals surface area (Å²) in [7, 11) is 1.99. The van der Waals surface area contributed by atoms with Gasteiger partial charge in [-0.3, -0.25) is 4.79 Å². The van der Waals surface area contributed by atoms with Crippen molar-refractivity contribution >= 4 is 22.5 Å². The number of carbonyl (C=O) groups is 1. The Hall–Kier alpha value is -1.40. The molecule has 1 aromatic carbocycles. The Labute approximate surface area is 122 Å². The largest absolute Gasteiger partial charge is 0.496 e. The fourth-order valence-electron chi connectivity index (χ4n) is 2.16. The van der Waals surface area contributed by atoms with Crippen LogP contribution < -0.4 is 21.1 Å². The number of methoxy groups -OCH3 is 1. The van der Waals surface area contributed by atoms with Crippen LogP contribution >= 0.6 is 0 Å². The number of ether oxygens (including phenoxy) is 1. The smallest absolute Gasteiger partial charge is 0.255 e. The second-order valence-electron chi connectivity index (χ2n) is 4.69. The molecule has 6 heteroatoms. The van der Waals surface area contributed by atoms with Gasteiger partial charge in [-0.2, -0.15) is 0 Å². The summed E-state index contributed by atoms with van der Waals surface area (Å²) >= 11 is 0. The average Bonchev–Trinajstić information content (AvgIpc) is 2.48. The Morgan fingerprint density at radius 2 is 2.20 bits per heavy atom. The molecule has 0 radical (unpaired) electrons. The Morgan fingerprint density at radius 3 is 2.90 bits per heavy atom. The maximum atomic E-state index is 12.1. The molecule has 0 aromatic heterocycles. The molecular weight excluding hydrogens is 274 g/mol. The molecule has 2 rings (SSSR count). The Balaban J connectivity index is 1.85. The summed E-state index contributed by atoms with van der Waals surface area (Å²) in [6.07, 6.45) is 0. The van der Waals surface area contributed by atoms with Crippen molar-refractivity contribution in [3.8, 4) is 5.75 Å². The van der Waals surface area contributed by atoms with Crippen LogP contribution in [0, 0.1) is 0 Å². The lowest BCUT2D eigenvalue weighted by Crippen LogP contribution is -2.40. The molecule has 20 heavy (non-hydrogen) atoms. The van der Waals surface area contributed by atoms with Crippen LogP contribution in [0.4, 0.5) is 5.69 Å². The lowest BCUT2D eigenvalue weighted by molar-refractivity contribution is 0.0953. The van der Waals surface area contributed by atoms with E-state index in [4.69, 9.17) is 10.5 Å². The molecule has 0 unspecified atom stereocenters. The van der Waals surface area contributed by atoms with Gasteiger partial charge in [-0.1, -0.05) is 0 Å². The molecule has 1 fully saturated rings. The van der Waals surface area contributed by atoms with E-state index in [9.17, 15) is 4.79 Å². The van der Waals surface area contributed by atoms with Gasteiger partial charge in [-0.05, 0) is 23.0 Å². The molecule has 110 valence electrons. The molecule has 1 aliphatic rings. The first-order valence-corrected chi connectivity index (χ1v) is 8.50. The third kappa shape index (κ3) is 4.05. The standard InChI is InChI=1S/C14H21N3O2S/c1-19-13-10-11(15)2-3-12(13)14(18)17-6-9-20-7-4-16-5-8-20/h2-3,10,16H,4-9H2,1H3,(H2-,15,17,18)/p+1. The van der Waals surface area contributed by atoms with Crippen LogP contribution in [0.1, 0.15) is 10.4 Å². The Bertz CT molecular complexity index is 462. The normalized spacial score (nSPS) is 15.8. The molecular formula is C14H22N3O2S+. The average molecular weight is 296 g/mol. The molecule has 5 nitrogen and oxygen atoms in total. The second kappa shape index (κ2) is 7.40. The zero-order chi connectivity index (χ0) is 14.4. The monoisotopic (exact) mass is 296 g/mol. The van der Waals surface area contributed by atoms with E-state index in [0.29, 0.717) is 27.9 Å². The minimum absolute atomic E-state index is 0.0967. The van der Waals surface area contributed by atoms with Gasteiger partial charge in [0.25, 0.3) is 5.91 Å². The van der Waals surface area contributed by atoms with Crippen LogP contribution in [0.5, 0.6) is 5.75 Å². The number of amides is 1. The number of nitrogens with two attached hydrogens (primary N) is 1. The number of anilines is 1. The van der Waals surface area contributed by atoms with Crippen LogP contribution in [0.25, 0.3) is 0 Å². The van der Waals surface area contributed by atoms with Gasteiger partial charge in [-0.25, -0.2) is 0 Å². The van der Waals surface area contributed by atoms with Gasteiger partial charge in [0.15, 0.2) is 0 Å². The summed E-state index contributed by atoms with van der Waals surface area (Å²) in [5.41, 5.74) is 6.81. The lowest BCUT2D eigenvalue weighted by Gasteiger charge is -2.15. The highest BCUT2D eigenvalue weighted by atomic mass is 32.2. The van der Waals surface area contributed by atoms with E-state index < -0.39 is 0 Å². The molecule has 1 aliphatic heterocycles. The van der Waals surface area contributed by atoms with Crippen LogP contribution in [0.15, 0.2) is 18.2 Å². The number of carbonyl (C=O) groups excluding carboxylic acids is 1. The molecule has 0 bridgehead atoms. The van der Waals surface area contributed by atoms with E-state index >= 15 is 0 Å². The van der Waals surface area contributed by atoms with Gasteiger partial charge in [0.1, 0.15) is 23.0 Å². The van der Waals surface area contributed by atoms with Crippen LogP contribution in [0.2, 0.25) is 0 Å². The van der Waals surface area contributed by atoms with E-state index in [2.05, 4.69) is 10.6 Å². The summed E-state index contributed by atoms with van der Waals surface area (Å²) in [5.74, 6) is 3.93. The van der Waals surface area contributed by atoms with Crippen molar-refractivity contribution in [1.29, 1.82) is 0 Å².